The number of hydrogen-bond acceptors (Lipinski definition) is 4. The lowest BCUT2D eigenvalue weighted by Gasteiger charge is -2.02. The van der Waals surface area contributed by atoms with Crippen molar-refractivity contribution in [2.75, 3.05) is 7.11 Å². The Kier molecular flexibility index (Phi) is 3.62. The molecule has 5 nitrogen and oxygen atoms in total. The van der Waals surface area contributed by atoms with Crippen molar-refractivity contribution in [3.05, 3.63) is 47.7 Å². The molecule has 0 radical (unpaired) electrons. The number of ether oxygens (including phenoxy) is 1. The van der Waals surface area contributed by atoms with E-state index in [4.69, 9.17) is 14.3 Å². The summed E-state index contributed by atoms with van der Waals surface area (Å²) in [5.74, 6) is 0.146. The van der Waals surface area contributed by atoms with Crippen molar-refractivity contribution in [3.63, 3.8) is 0 Å². The maximum absolute atomic E-state index is 10.6. The van der Waals surface area contributed by atoms with E-state index in [0.29, 0.717) is 12.3 Å². The van der Waals surface area contributed by atoms with Crippen LogP contribution in [0.1, 0.15) is 21.9 Å². The zero-order chi connectivity index (χ0) is 13.0. The van der Waals surface area contributed by atoms with Crippen LogP contribution in [0.2, 0.25) is 0 Å². The number of aromatic nitrogens is 1. The number of hydrogen-bond donors (Lipinski definition) is 1. The molecule has 0 fully saturated rings. The predicted octanol–water partition coefficient (Wildman–Crippen LogP) is 2.17. The molecule has 0 unspecified atom stereocenters. The van der Waals surface area contributed by atoms with Crippen LogP contribution >= 0.6 is 0 Å². The van der Waals surface area contributed by atoms with Crippen molar-refractivity contribution in [1.82, 2.24) is 4.98 Å². The Bertz CT molecular complexity index is 547. The zero-order valence-corrected chi connectivity index (χ0v) is 9.92. The Hall–Kier alpha value is -2.30. The van der Waals surface area contributed by atoms with Gasteiger partial charge in [0, 0.05) is 6.42 Å². The van der Waals surface area contributed by atoms with Crippen molar-refractivity contribution in [2.45, 2.75) is 12.8 Å². The summed E-state index contributed by atoms with van der Waals surface area (Å²) in [6.45, 7) is 0. The molecular weight excluding hydrogens is 234 g/mol. The first-order valence-electron chi connectivity index (χ1n) is 5.49. The number of aromatic carboxylic acids is 1. The first-order valence-corrected chi connectivity index (χ1v) is 5.49. The number of rotatable bonds is 5. The van der Waals surface area contributed by atoms with Crippen molar-refractivity contribution in [3.8, 4) is 5.75 Å². The van der Waals surface area contributed by atoms with Crippen LogP contribution in [0.15, 0.2) is 34.9 Å². The number of aryl methyl sites for hydroxylation is 2. The van der Waals surface area contributed by atoms with Crippen LogP contribution < -0.4 is 4.74 Å². The summed E-state index contributed by atoms with van der Waals surface area (Å²) < 4.78 is 10.2. The Morgan fingerprint density at radius 3 is 2.94 bits per heavy atom. The minimum atomic E-state index is -1.08. The summed E-state index contributed by atoms with van der Waals surface area (Å²) in [7, 11) is 1.62. The van der Waals surface area contributed by atoms with Crippen LogP contribution in [-0.2, 0) is 12.8 Å². The summed E-state index contributed by atoms with van der Waals surface area (Å²) in [6.07, 6.45) is 2.43. The number of methoxy groups -OCH3 is 1. The SMILES string of the molecule is COc1cccc(CCc2nc(C(=O)O)co2)c1. The average molecular weight is 247 g/mol. The van der Waals surface area contributed by atoms with E-state index in [2.05, 4.69) is 4.98 Å². The van der Waals surface area contributed by atoms with Gasteiger partial charge in [-0.25, -0.2) is 9.78 Å². The van der Waals surface area contributed by atoms with Crippen LogP contribution in [0.25, 0.3) is 0 Å². The summed E-state index contributed by atoms with van der Waals surface area (Å²) in [4.78, 5) is 14.5. The molecule has 0 aliphatic rings. The van der Waals surface area contributed by atoms with Crippen molar-refractivity contribution < 1.29 is 19.1 Å². The molecule has 0 aliphatic heterocycles. The number of benzene rings is 1. The van der Waals surface area contributed by atoms with Gasteiger partial charge in [0.05, 0.1) is 7.11 Å². The molecule has 1 N–H and O–H groups in total. The fraction of sp³-hybridized carbons (Fsp3) is 0.231. The van der Waals surface area contributed by atoms with Gasteiger partial charge in [-0.15, -0.1) is 0 Å². The maximum Gasteiger partial charge on any atom is 0.357 e. The monoisotopic (exact) mass is 247 g/mol. The minimum absolute atomic E-state index is 0.0596. The third-order valence-electron chi connectivity index (χ3n) is 2.53. The average Bonchev–Trinajstić information content (AvgIpc) is 2.85. The molecule has 0 atom stereocenters. The van der Waals surface area contributed by atoms with Gasteiger partial charge in [-0.2, -0.15) is 0 Å². The summed E-state index contributed by atoms with van der Waals surface area (Å²) in [5, 5.41) is 8.71. The lowest BCUT2D eigenvalue weighted by molar-refractivity contribution is 0.0690. The molecule has 1 aromatic carbocycles. The molecule has 0 aliphatic carbocycles. The van der Waals surface area contributed by atoms with Crippen LogP contribution in [-0.4, -0.2) is 23.2 Å². The molecular formula is C13H13NO4. The highest BCUT2D eigenvalue weighted by Crippen LogP contribution is 2.14. The van der Waals surface area contributed by atoms with Gasteiger partial charge in [-0.3, -0.25) is 0 Å². The van der Waals surface area contributed by atoms with E-state index < -0.39 is 5.97 Å². The molecule has 2 rings (SSSR count). The molecule has 0 bridgehead atoms. The van der Waals surface area contributed by atoms with E-state index >= 15 is 0 Å². The van der Waals surface area contributed by atoms with Gasteiger partial charge in [-0.1, -0.05) is 12.1 Å². The standard InChI is InChI=1S/C13H13NO4/c1-17-10-4-2-3-9(7-10)5-6-12-14-11(8-18-12)13(15)16/h2-4,7-8H,5-6H2,1H3,(H,15,16). The molecule has 5 heteroatoms. The Labute approximate surface area is 104 Å². The Balaban J connectivity index is 1.99. The largest absolute Gasteiger partial charge is 0.497 e. The molecule has 18 heavy (non-hydrogen) atoms. The molecule has 0 saturated carbocycles. The number of carboxylic acid groups (broad SMARTS) is 1. The lowest BCUT2D eigenvalue weighted by Crippen LogP contribution is -1.97. The van der Waals surface area contributed by atoms with E-state index in [-0.39, 0.29) is 5.69 Å². The first kappa shape index (κ1) is 12.2. The second-order valence-electron chi connectivity index (χ2n) is 3.78. The highest BCUT2D eigenvalue weighted by molar-refractivity contribution is 5.84. The molecule has 1 aromatic heterocycles. The number of nitrogens with zero attached hydrogens (tertiary/aromatic N) is 1. The Morgan fingerprint density at radius 1 is 1.44 bits per heavy atom. The third-order valence-corrected chi connectivity index (χ3v) is 2.53. The van der Waals surface area contributed by atoms with Crippen LogP contribution in [0.3, 0.4) is 0 Å². The summed E-state index contributed by atoms with van der Waals surface area (Å²) in [5.41, 5.74) is 1.03. The predicted molar refractivity (Wildman–Crippen MR) is 63.9 cm³/mol. The quantitative estimate of drug-likeness (QED) is 0.876. The van der Waals surface area contributed by atoms with Crippen LogP contribution in [0.5, 0.6) is 5.75 Å². The molecule has 2 aromatic rings. The van der Waals surface area contributed by atoms with Gasteiger partial charge in [-0.05, 0) is 24.1 Å². The molecule has 0 saturated heterocycles. The topological polar surface area (TPSA) is 72.6 Å². The molecule has 94 valence electrons. The van der Waals surface area contributed by atoms with Crippen LogP contribution in [0, 0.1) is 0 Å². The second kappa shape index (κ2) is 5.35. The highest BCUT2D eigenvalue weighted by atomic mass is 16.5. The van der Waals surface area contributed by atoms with Crippen molar-refractivity contribution in [2.24, 2.45) is 0 Å². The second-order valence-corrected chi connectivity index (χ2v) is 3.78. The molecule has 0 spiro atoms. The van der Waals surface area contributed by atoms with Gasteiger partial charge in [0.1, 0.15) is 12.0 Å². The first-order chi connectivity index (χ1) is 8.69. The van der Waals surface area contributed by atoms with Gasteiger partial charge in [0.15, 0.2) is 11.6 Å². The van der Waals surface area contributed by atoms with E-state index in [0.717, 1.165) is 24.0 Å². The third kappa shape index (κ3) is 2.88. The van der Waals surface area contributed by atoms with Crippen molar-refractivity contribution >= 4 is 5.97 Å². The van der Waals surface area contributed by atoms with Gasteiger partial charge < -0.3 is 14.3 Å². The van der Waals surface area contributed by atoms with E-state index in [9.17, 15) is 4.79 Å². The molecule has 0 amide bonds. The van der Waals surface area contributed by atoms with Crippen molar-refractivity contribution in [1.29, 1.82) is 0 Å². The van der Waals surface area contributed by atoms with E-state index in [1.807, 2.05) is 24.3 Å². The van der Waals surface area contributed by atoms with Crippen LogP contribution in [0.4, 0.5) is 0 Å². The van der Waals surface area contributed by atoms with E-state index in [1.165, 1.54) is 0 Å². The fourth-order valence-electron chi connectivity index (χ4n) is 1.60. The highest BCUT2D eigenvalue weighted by Gasteiger charge is 2.10. The fourth-order valence-corrected chi connectivity index (χ4v) is 1.60. The zero-order valence-electron chi connectivity index (χ0n) is 9.92. The van der Waals surface area contributed by atoms with Gasteiger partial charge in [0.2, 0.25) is 0 Å². The maximum atomic E-state index is 10.6. The normalized spacial score (nSPS) is 10.3. The smallest absolute Gasteiger partial charge is 0.357 e. The van der Waals surface area contributed by atoms with E-state index in [1.54, 1.807) is 7.11 Å². The lowest BCUT2D eigenvalue weighted by atomic mass is 10.1. The summed E-state index contributed by atoms with van der Waals surface area (Å²) >= 11 is 0. The Morgan fingerprint density at radius 2 is 2.28 bits per heavy atom. The number of oxazole rings is 1. The number of carboxylic acids is 1. The summed E-state index contributed by atoms with van der Waals surface area (Å²) in [6, 6.07) is 7.69. The number of carbonyl (C=O) groups is 1. The van der Waals surface area contributed by atoms with Gasteiger partial charge >= 0.3 is 5.97 Å². The van der Waals surface area contributed by atoms with Gasteiger partial charge in [0.25, 0.3) is 0 Å². The minimum Gasteiger partial charge on any atom is -0.497 e. The molecule has 1 heterocycles.